The molecular weight excluding hydrogens is 274 g/mol. The van der Waals surface area contributed by atoms with Gasteiger partial charge >= 0.3 is 0 Å². The van der Waals surface area contributed by atoms with Crippen LogP contribution in [-0.4, -0.2) is 9.38 Å². The summed E-state index contributed by atoms with van der Waals surface area (Å²) >= 11 is 0. The molecule has 3 rings (SSSR count). The Morgan fingerprint density at radius 1 is 1.36 bits per heavy atom. The molecule has 22 heavy (non-hydrogen) atoms. The first-order valence-corrected chi connectivity index (χ1v) is 7.52. The fourth-order valence-electron chi connectivity index (χ4n) is 3.00. The highest BCUT2D eigenvalue weighted by Crippen LogP contribution is 2.31. The van der Waals surface area contributed by atoms with Gasteiger partial charge < -0.3 is 5.43 Å². The van der Waals surface area contributed by atoms with Gasteiger partial charge in [-0.1, -0.05) is 25.5 Å². The molecule has 5 nitrogen and oxygen atoms in total. The topological polar surface area (TPSA) is 79.1 Å². The molecule has 2 aromatic heterocycles. The summed E-state index contributed by atoms with van der Waals surface area (Å²) in [5, 5.41) is 9.60. The van der Waals surface area contributed by atoms with Gasteiger partial charge in [0.25, 0.3) is 0 Å². The molecule has 0 aliphatic heterocycles. The summed E-state index contributed by atoms with van der Waals surface area (Å²) in [5.41, 5.74) is 8.00. The number of pyridine rings is 1. The molecule has 1 aromatic carbocycles. The zero-order valence-electron chi connectivity index (χ0n) is 12.8. The van der Waals surface area contributed by atoms with Gasteiger partial charge in [0, 0.05) is 0 Å². The Bertz CT molecular complexity index is 886. The van der Waals surface area contributed by atoms with Gasteiger partial charge in [-0.15, -0.1) is 0 Å². The second kappa shape index (κ2) is 5.66. The molecule has 5 heteroatoms. The lowest BCUT2D eigenvalue weighted by atomic mass is 10.00. The zero-order chi connectivity index (χ0) is 15.7. The molecule has 0 amide bonds. The lowest BCUT2D eigenvalue weighted by Crippen LogP contribution is -2.16. The van der Waals surface area contributed by atoms with E-state index in [-0.39, 0.29) is 0 Å². The number of nitrogens with two attached hydrogens (primary N) is 1. The van der Waals surface area contributed by atoms with Crippen LogP contribution in [0.25, 0.3) is 16.7 Å². The average Bonchev–Trinajstić information content (AvgIpc) is 2.91. The number of benzene rings is 1. The molecular formula is C17H19N5. The van der Waals surface area contributed by atoms with Gasteiger partial charge in [0.05, 0.1) is 16.6 Å². The number of hydrazine groups is 1. The zero-order valence-corrected chi connectivity index (χ0v) is 12.8. The summed E-state index contributed by atoms with van der Waals surface area (Å²) in [6.07, 6.45) is 3.03. The summed E-state index contributed by atoms with van der Waals surface area (Å²) in [5.74, 6) is 6.65. The second-order valence-electron chi connectivity index (χ2n) is 5.45. The minimum Gasteiger partial charge on any atom is -0.309 e. The number of rotatable bonds is 4. The highest BCUT2D eigenvalue weighted by atomic mass is 15.3. The molecule has 2 heterocycles. The van der Waals surface area contributed by atoms with Crippen molar-refractivity contribution < 1.29 is 0 Å². The van der Waals surface area contributed by atoms with Gasteiger partial charge in [0.15, 0.2) is 5.65 Å². The van der Waals surface area contributed by atoms with Crippen molar-refractivity contribution in [3.63, 3.8) is 0 Å². The van der Waals surface area contributed by atoms with E-state index in [9.17, 15) is 5.26 Å². The molecule has 0 fully saturated rings. The Hall–Kier alpha value is -2.58. The van der Waals surface area contributed by atoms with Crippen LogP contribution in [-0.2, 0) is 6.42 Å². The molecule has 3 N–H and O–H groups in total. The third-order valence-electron chi connectivity index (χ3n) is 4.15. The summed E-state index contributed by atoms with van der Waals surface area (Å²) in [6, 6.07) is 10.2. The number of unbranched alkanes of at least 4 members (excludes halogenated alkanes) is 1. The van der Waals surface area contributed by atoms with Gasteiger partial charge in [-0.05, 0) is 43.0 Å². The van der Waals surface area contributed by atoms with Crippen LogP contribution in [0, 0.1) is 18.3 Å². The molecule has 3 aromatic rings. The maximum atomic E-state index is 9.60. The fraction of sp³-hybridized carbons (Fsp3) is 0.294. The van der Waals surface area contributed by atoms with Crippen molar-refractivity contribution in [1.29, 1.82) is 5.26 Å². The molecule has 0 aliphatic carbocycles. The number of nitrogens with zero attached hydrogens (tertiary/aromatic N) is 3. The lowest BCUT2D eigenvalue weighted by molar-refractivity contribution is 0.787. The number of fused-ring (bicyclic) bond motifs is 3. The molecule has 0 radical (unpaired) electrons. The Labute approximate surface area is 129 Å². The summed E-state index contributed by atoms with van der Waals surface area (Å²) in [4.78, 5) is 4.62. The monoisotopic (exact) mass is 293 g/mol. The van der Waals surface area contributed by atoms with E-state index in [2.05, 4.69) is 23.4 Å². The lowest BCUT2D eigenvalue weighted by Gasteiger charge is -2.16. The number of imidazole rings is 1. The van der Waals surface area contributed by atoms with Crippen LogP contribution in [0.3, 0.4) is 0 Å². The van der Waals surface area contributed by atoms with Gasteiger partial charge in [0.1, 0.15) is 11.9 Å². The average molecular weight is 293 g/mol. The van der Waals surface area contributed by atoms with Crippen molar-refractivity contribution in [2.75, 3.05) is 5.43 Å². The van der Waals surface area contributed by atoms with Crippen molar-refractivity contribution in [3.05, 3.63) is 41.0 Å². The van der Waals surface area contributed by atoms with E-state index in [0.717, 1.165) is 47.2 Å². The number of hydrogen-bond donors (Lipinski definition) is 2. The Balaban J connectivity index is 2.47. The van der Waals surface area contributed by atoms with Crippen molar-refractivity contribution in [2.24, 2.45) is 5.84 Å². The first-order chi connectivity index (χ1) is 10.7. The maximum Gasteiger partial charge on any atom is 0.157 e. The van der Waals surface area contributed by atoms with E-state index in [0.29, 0.717) is 11.2 Å². The third kappa shape index (κ3) is 2.00. The molecule has 0 saturated carbocycles. The Morgan fingerprint density at radius 3 is 2.82 bits per heavy atom. The van der Waals surface area contributed by atoms with Crippen LogP contribution in [0.4, 0.5) is 5.82 Å². The van der Waals surface area contributed by atoms with Crippen molar-refractivity contribution in [2.45, 2.75) is 33.1 Å². The molecule has 0 aliphatic rings. The number of nitrogen functional groups attached to an aromatic ring is 1. The SMILES string of the molecule is CCCCc1c(C)c(C#N)c2nc3ccccc3n2c1NN. The van der Waals surface area contributed by atoms with E-state index in [1.54, 1.807) is 0 Å². The number of nitriles is 1. The molecule has 0 bridgehead atoms. The predicted octanol–water partition coefficient (Wildman–Crippen LogP) is 3.30. The number of anilines is 1. The van der Waals surface area contributed by atoms with Crippen LogP contribution in [0.2, 0.25) is 0 Å². The Morgan fingerprint density at radius 2 is 2.14 bits per heavy atom. The first kappa shape index (κ1) is 14.4. The van der Waals surface area contributed by atoms with Gasteiger partial charge in [-0.2, -0.15) is 5.26 Å². The van der Waals surface area contributed by atoms with Crippen molar-refractivity contribution in [3.8, 4) is 6.07 Å². The Kier molecular flexibility index (Phi) is 3.70. The normalized spacial score (nSPS) is 11.0. The number of hydrogen-bond acceptors (Lipinski definition) is 4. The molecule has 0 spiro atoms. The van der Waals surface area contributed by atoms with Crippen LogP contribution < -0.4 is 11.3 Å². The number of aromatic nitrogens is 2. The van der Waals surface area contributed by atoms with Crippen LogP contribution in [0.1, 0.15) is 36.5 Å². The van der Waals surface area contributed by atoms with E-state index < -0.39 is 0 Å². The minimum absolute atomic E-state index is 0.626. The minimum atomic E-state index is 0.626. The highest BCUT2D eigenvalue weighted by Gasteiger charge is 2.19. The summed E-state index contributed by atoms with van der Waals surface area (Å²) in [6.45, 7) is 4.13. The van der Waals surface area contributed by atoms with Gasteiger partial charge in [-0.3, -0.25) is 4.40 Å². The smallest absolute Gasteiger partial charge is 0.157 e. The number of para-hydroxylation sites is 2. The maximum absolute atomic E-state index is 9.60. The van der Waals surface area contributed by atoms with Crippen LogP contribution in [0.5, 0.6) is 0 Å². The largest absolute Gasteiger partial charge is 0.309 e. The molecule has 112 valence electrons. The highest BCUT2D eigenvalue weighted by molar-refractivity contribution is 5.86. The molecule has 0 atom stereocenters. The van der Waals surface area contributed by atoms with Crippen LogP contribution >= 0.6 is 0 Å². The van der Waals surface area contributed by atoms with E-state index in [4.69, 9.17) is 5.84 Å². The first-order valence-electron chi connectivity index (χ1n) is 7.52. The van der Waals surface area contributed by atoms with E-state index >= 15 is 0 Å². The quantitative estimate of drug-likeness (QED) is 0.571. The third-order valence-corrected chi connectivity index (χ3v) is 4.15. The summed E-state index contributed by atoms with van der Waals surface area (Å²) in [7, 11) is 0. The number of nitrogens with one attached hydrogen (secondary N) is 1. The molecule has 0 unspecified atom stereocenters. The predicted molar refractivity (Wildman–Crippen MR) is 88.6 cm³/mol. The standard InChI is InChI=1S/C17H19N5/c1-3-4-7-12-11(2)13(10-18)16-20-14-8-5-6-9-15(14)22(16)17(12)21-19/h5-6,8-9,21H,3-4,7,19H2,1-2H3. The van der Waals surface area contributed by atoms with Crippen molar-refractivity contribution in [1.82, 2.24) is 9.38 Å². The van der Waals surface area contributed by atoms with E-state index in [1.807, 2.05) is 35.6 Å². The molecule has 0 saturated heterocycles. The van der Waals surface area contributed by atoms with E-state index in [1.165, 1.54) is 0 Å². The fourth-order valence-corrected chi connectivity index (χ4v) is 3.00. The van der Waals surface area contributed by atoms with Crippen molar-refractivity contribution >= 4 is 22.5 Å². The second-order valence-corrected chi connectivity index (χ2v) is 5.45. The summed E-state index contributed by atoms with van der Waals surface area (Å²) < 4.78 is 1.96. The van der Waals surface area contributed by atoms with Gasteiger partial charge in [-0.25, -0.2) is 10.8 Å². The van der Waals surface area contributed by atoms with Crippen LogP contribution in [0.15, 0.2) is 24.3 Å². The van der Waals surface area contributed by atoms with Gasteiger partial charge in [0.2, 0.25) is 0 Å².